The van der Waals surface area contributed by atoms with Crippen LogP contribution in [0.4, 0.5) is 0 Å². The van der Waals surface area contributed by atoms with Gasteiger partial charge in [-0.05, 0) is 25.2 Å². The number of carbonyl (C=O) groups is 2. The van der Waals surface area contributed by atoms with Gasteiger partial charge in [-0.2, -0.15) is 0 Å². The van der Waals surface area contributed by atoms with Crippen LogP contribution in [0.25, 0.3) is 0 Å². The lowest BCUT2D eigenvalue weighted by Crippen LogP contribution is -2.48. The van der Waals surface area contributed by atoms with Crippen LogP contribution in [0, 0.1) is 5.92 Å². The van der Waals surface area contributed by atoms with Crippen LogP contribution in [0.2, 0.25) is 0 Å². The first-order valence-corrected chi connectivity index (χ1v) is 7.25. The molecule has 0 aromatic heterocycles. The van der Waals surface area contributed by atoms with Crippen molar-refractivity contribution in [3.8, 4) is 0 Å². The number of hydrogen-bond donors (Lipinski definition) is 1. The van der Waals surface area contributed by atoms with Gasteiger partial charge in [-0.15, -0.1) is 0 Å². The predicted molar refractivity (Wildman–Crippen MR) is 73.3 cm³/mol. The minimum Gasteiger partial charge on any atom is -0.339 e. The Morgan fingerprint density at radius 1 is 1.21 bits per heavy atom. The fourth-order valence-corrected chi connectivity index (χ4v) is 2.83. The second-order valence-electron chi connectivity index (χ2n) is 6.15. The Kier molecular flexibility index (Phi) is 4.13. The van der Waals surface area contributed by atoms with Gasteiger partial charge >= 0.3 is 0 Å². The van der Waals surface area contributed by atoms with Crippen LogP contribution in [-0.2, 0) is 9.59 Å². The number of likely N-dealkylation sites (tertiary alicyclic amines) is 1. The second kappa shape index (κ2) is 5.49. The molecule has 108 valence electrons. The van der Waals surface area contributed by atoms with E-state index in [0.29, 0.717) is 12.6 Å². The molecule has 1 aliphatic heterocycles. The molecule has 1 saturated carbocycles. The molecule has 0 spiro atoms. The summed E-state index contributed by atoms with van der Waals surface area (Å²) in [5, 5.41) is 0. The van der Waals surface area contributed by atoms with Crippen molar-refractivity contribution in [2.45, 2.75) is 58.2 Å². The molecule has 2 rings (SSSR count). The van der Waals surface area contributed by atoms with Crippen LogP contribution in [0.5, 0.6) is 0 Å². The van der Waals surface area contributed by atoms with Gasteiger partial charge in [-0.3, -0.25) is 9.59 Å². The van der Waals surface area contributed by atoms with E-state index in [1.54, 1.807) is 6.92 Å². The summed E-state index contributed by atoms with van der Waals surface area (Å²) in [5.74, 6) is 0.311. The Morgan fingerprint density at radius 2 is 1.84 bits per heavy atom. The van der Waals surface area contributed by atoms with E-state index in [2.05, 4.69) is 0 Å². The lowest BCUT2D eigenvalue weighted by atomic mass is 10.0. The zero-order valence-corrected chi connectivity index (χ0v) is 12.1. The Labute approximate surface area is 115 Å². The minimum absolute atomic E-state index is 0.0248. The average molecular weight is 267 g/mol. The lowest BCUT2D eigenvalue weighted by molar-refractivity contribution is -0.135. The average Bonchev–Trinajstić information content (AvgIpc) is 3.04. The number of hydrogen-bond acceptors (Lipinski definition) is 3. The van der Waals surface area contributed by atoms with Crippen LogP contribution >= 0.6 is 0 Å². The molecule has 0 radical (unpaired) electrons. The van der Waals surface area contributed by atoms with Crippen molar-refractivity contribution in [2.24, 2.45) is 11.7 Å². The number of amides is 2. The summed E-state index contributed by atoms with van der Waals surface area (Å²) < 4.78 is 0. The molecule has 1 saturated heterocycles. The summed E-state index contributed by atoms with van der Waals surface area (Å²) in [7, 11) is 0. The highest BCUT2D eigenvalue weighted by Gasteiger charge is 2.40. The van der Waals surface area contributed by atoms with Crippen LogP contribution in [0.15, 0.2) is 0 Å². The molecule has 0 unspecified atom stereocenters. The summed E-state index contributed by atoms with van der Waals surface area (Å²) in [5.41, 5.74) is 5.92. The summed E-state index contributed by atoms with van der Waals surface area (Å²) in [6.07, 6.45) is 3.09. The van der Waals surface area contributed by atoms with Gasteiger partial charge in [-0.1, -0.05) is 13.8 Å². The van der Waals surface area contributed by atoms with Gasteiger partial charge in [0, 0.05) is 26.1 Å². The summed E-state index contributed by atoms with van der Waals surface area (Å²) in [6, 6.07) is 0.176. The SMILES string of the molecule is CC(=O)N(C1CC1)[C@@H]1CCN(C(=O)[C@@H](N)C(C)C)C1. The van der Waals surface area contributed by atoms with E-state index in [1.165, 1.54) is 0 Å². The molecule has 0 bridgehead atoms. The Hall–Kier alpha value is -1.10. The molecule has 0 aromatic rings. The molecule has 1 heterocycles. The standard InChI is InChI=1S/C14H25N3O2/c1-9(2)13(15)14(19)16-7-6-12(8-16)17(10(3)18)11-4-5-11/h9,11-13H,4-8,15H2,1-3H3/t12-,13+/m1/s1. The maximum Gasteiger partial charge on any atom is 0.239 e. The van der Waals surface area contributed by atoms with Crippen LogP contribution < -0.4 is 5.73 Å². The first kappa shape index (κ1) is 14.3. The van der Waals surface area contributed by atoms with Gasteiger partial charge in [0.15, 0.2) is 0 Å². The Bertz CT molecular complexity index is 366. The van der Waals surface area contributed by atoms with Crippen molar-refractivity contribution < 1.29 is 9.59 Å². The topological polar surface area (TPSA) is 66.6 Å². The molecule has 2 aliphatic rings. The minimum atomic E-state index is -0.426. The molecule has 2 amide bonds. The Morgan fingerprint density at radius 3 is 2.32 bits per heavy atom. The van der Waals surface area contributed by atoms with Crippen LogP contribution in [0.1, 0.15) is 40.0 Å². The highest BCUT2D eigenvalue weighted by molar-refractivity contribution is 5.82. The van der Waals surface area contributed by atoms with E-state index >= 15 is 0 Å². The molecule has 1 aliphatic carbocycles. The summed E-state index contributed by atoms with van der Waals surface area (Å²) >= 11 is 0. The molecule has 0 aromatic carbocycles. The molecule has 5 nitrogen and oxygen atoms in total. The number of rotatable bonds is 4. The lowest BCUT2D eigenvalue weighted by Gasteiger charge is -2.29. The van der Waals surface area contributed by atoms with Crippen molar-refractivity contribution in [2.75, 3.05) is 13.1 Å². The van der Waals surface area contributed by atoms with Gasteiger partial charge in [0.1, 0.15) is 0 Å². The second-order valence-corrected chi connectivity index (χ2v) is 6.15. The molecule has 19 heavy (non-hydrogen) atoms. The smallest absolute Gasteiger partial charge is 0.239 e. The molecule has 2 N–H and O–H groups in total. The van der Waals surface area contributed by atoms with E-state index in [0.717, 1.165) is 25.8 Å². The van der Waals surface area contributed by atoms with E-state index < -0.39 is 6.04 Å². The monoisotopic (exact) mass is 267 g/mol. The molecule has 5 heteroatoms. The van der Waals surface area contributed by atoms with Crippen LogP contribution in [-0.4, -0.2) is 52.8 Å². The highest BCUT2D eigenvalue weighted by atomic mass is 16.2. The number of nitrogens with two attached hydrogens (primary N) is 1. The normalized spacial score (nSPS) is 24.7. The van der Waals surface area contributed by atoms with Crippen LogP contribution in [0.3, 0.4) is 0 Å². The fourth-order valence-electron chi connectivity index (χ4n) is 2.83. The molecule has 2 atom stereocenters. The molecule has 2 fully saturated rings. The van der Waals surface area contributed by atoms with E-state index in [4.69, 9.17) is 5.73 Å². The quantitative estimate of drug-likeness (QED) is 0.810. The highest BCUT2D eigenvalue weighted by Crippen LogP contribution is 2.31. The third kappa shape index (κ3) is 3.08. The van der Waals surface area contributed by atoms with Crippen molar-refractivity contribution in [1.29, 1.82) is 0 Å². The zero-order valence-electron chi connectivity index (χ0n) is 12.1. The van der Waals surface area contributed by atoms with E-state index in [-0.39, 0.29) is 23.8 Å². The number of carbonyl (C=O) groups excluding carboxylic acids is 2. The van der Waals surface area contributed by atoms with Gasteiger partial charge in [0.2, 0.25) is 11.8 Å². The third-order valence-electron chi connectivity index (χ3n) is 4.18. The first-order valence-electron chi connectivity index (χ1n) is 7.25. The van der Waals surface area contributed by atoms with Crippen molar-refractivity contribution >= 4 is 11.8 Å². The molecular formula is C14H25N3O2. The third-order valence-corrected chi connectivity index (χ3v) is 4.18. The van der Waals surface area contributed by atoms with Gasteiger partial charge in [0.05, 0.1) is 12.1 Å². The maximum atomic E-state index is 12.2. The zero-order chi connectivity index (χ0) is 14.2. The van der Waals surface area contributed by atoms with Gasteiger partial charge < -0.3 is 15.5 Å². The van der Waals surface area contributed by atoms with Gasteiger partial charge in [0.25, 0.3) is 0 Å². The van der Waals surface area contributed by atoms with Crippen molar-refractivity contribution in [3.63, 3.8) is 0 Å². The molecular weight excluding hydrogens is 242 g/mol. The summed E-state index contributed by atoms with van der Waals surface area (Å²) in [6.45, 7) is 6.92. The van der Waals surface area contributed by atoms with Gasteiger partial charge in [-0.25, -0.2) is 0 Å². The Balaban J connectivity index is 1.95. The largest absolute Gasteiger partial charge is 0.339 e. The van der Waals surface area contributed by atoms with E-state index in [9.17, 15) is 9.59 Å². The van der Waals surface area contributed by atoms with Crippen molar-refractivity contribution in [3.05, 3.63) is 0 Å². The van der Waals surface area contributed by atoms with Crippen molar-refractivity contribution in [1.82, 2.24) is 9.80 Å². The predicted octanol–water partition coefficient (Wildman–Crippen LogP) is 0.582. The fraction of sp³-hybridized carbons (Fsp3) is 0.857. The summed E-state index contributed by atoms with van der Waals surface area (Å²) in [4.78, 5) is 27.7. The first-order chi connectivity index (χ1) is 8.91. The maximum absolute atomic E-state index is 12.2. The van der Waals surface area contributed by atoms with E-state index in [1.807, 2.05) is 23.6 Å². The number of nitrogens with zero attached hydrogens (tertiary/aromatic N) is 2.